The van der Waals surface area contributed by atoms with Crippen LogP contribution in [0.5, 0.6) is 0 Å². The molecular formula is C29H27FN4OS. The maximum Gasteiger partial charge on any atom is 0.258 e. The molecule has 182 valence electrons. The second kappa shape index (κ2) is 9.32. The summed E-state index contributed by atoms with van der Waals surface area (Å²) >= 11 is 5.88. The van der Waals surface area contributed by atoms with Crippen LogP contribution >= 0.6 is 12.2 Å². The topological polar surface area (TPSA) is 54.2 Å². The Morgan fingerprint density at radius 1 is 0.889 bits per heavy atom. The highest BCUT2D eigenvalue weighted by Crippen LogP contribution is 2.40. The Morgan fingerprint density at radius 3 is 2.25 bits per heavy atom. The molecule has 0 amide bonds. The maximum atomic E-state index is 13.4. The number of allylic oxidation sites excluding steroid dienone is 1. The lowest BCUT2D eigenvalue weighted by molar-refractivity contribution is 0.404. The molecule has 36 heavy (non-hydrogen) atoms. The molecular weight excluding hydrogens is 471 g/mol. The molecule has 0 aliphatic carbocycles. The van der Waals surface area contributed by atoms with Gasteiger partial charge in [-0.3, -0.25) is 4.90 Å². The van der Waals surface area contributed by atoms with E-state index in [4.69, 9.17) is 21.7 Å². The van der Waals surface area contributed by atoms with Crippen LogP contribution in [0.3, 0.4) is 0 Å². The van der Waals surface area contributed by atoms with Gasteiger partial charge in [0, 0.05) is 16.9 Å². The molecule has 0 fully saturated rings. The molecule has 1 aliphatic rings. The van der Waals surface area contributed by atoms with E-state index >= 15 is 0 Å². The van der Waals surface area contributed by atoms with Crippen LogP contribution in [0.2, 0.25) is 0 Å². The second-order valence-corrected chi connectivity index (χ2v) is 9.72. The van der Waals surface area contributed by atoms with Crippen molar-refractivity contribution >= 4 is 28.6 Å². The fraction of sp³-hybridized carbons (Fsp3) is 0.207. The number of rotatable bonds is 4. The number of nitrogens with one attached hydrogen (secondary N) is 1. The minimum absolute atomic E-state index is 0.277. The predicted octanol–water partition coefficient (Wildman–Crippen LogP) is 6.98. The molecule has 5 rings (SSSR count). The third kappa shape index (κ3) is 4.42. The molecule has 3 aromatic carbocycles. The van der Waals surface area contributed by atoms with E-state index in [0.29, 0.717) is 22.4 Å². The van der Waals surface area contributed by atoms with Crippen molar-refractivity contribution in [2.45, 2.75) is 40.7 Å². The van der Waals surface area contributed by atoms with Crippen LogP contribution in [-0.4, -0.2) is 15.3 Å². The third-order valence-corrected chi connectivity index (χ3v) is 6.87. The summed E-state index contributed by atoms with van der Waals surface area (Å²) in [4.78, 5) is 6.74. The fourth-order valence-electron chi connectivity index (χ4n) is 4.65. The number of thiocarbonyl (C=S) groups is 1. The van der Waals surface area contributed by atoms with Gasteiger partial charge in [0.1, 0.15) is 5.82 Å². The number of hydrogen-bond acceptors (Lipinski definition) is 4. The number of aromatic nitrogens is 2. The van der Waals surface area contributed by atoms with Gasteiger partial charge in [0.15, 0.2) is 5.11 Å². The van der Waals surface area contributed by atoms with Crippen LogP contribution in [0.1, 0.15) is 46.7 Å². The Morgan fingerprint density at radius 2 is 1.58 bits per heavy atom. The Kier molecular flexibility index (Phi) is 6.18. The van der Waals surface area contributed by atoms with Crippen LogP contribution in [0.15, 0.2) is 70.9 Å². The first kappa shape index (κ1) is 23.9. The molecule has 0 bridgehead atoms. The molecule has 1 atom stereocenters. The number of hydrogen-bond donors (Lipinski definition) is 1. The van der Waals surface area contributed by atoms with Crippen LogP contribution in [0, 0.1) is 33.5 Å². The average Bonchev–Trinajstić information content (AvgIpc) is 3.30. The van der Waals surface area contributed by atoms with Crippen LogP contribution in [0.4, 0.5) is 10.1 Å². The lowest BCUT2D eigenvalue weighted by Gasteiger charge is -2.37. The van der Waals surface area contributed by atoms with Gasteiger partial charge in [-0.05, 0) is 111 Å². The maximum absolute atomic E-state index is 13.4. The molecule has 7 heteroatoms. The molecule has 1 N–H and O–H groups in total. The summed E-state index contributed by atoms with van der Waals surface area (Å²) in [6, 6.07) is 18.5. The standard InChI is InChI=1S/C29H27FN4OS/c1-16-12-17(2)14-24(13-16)34-20(5)25(26(31-29(34)36)22-7-6-18(3)19(4)15-22)28-32-27(33-35-28)21-8-10-23(30)11-9-21/h6-15,26H,1-5H3,(H,31,36). The predicted molar refractivity (Wildman–Crippen MR) is 145 cm³/mol. The molecule has 0 saturated carbocycles. The van der Waals surface area contributed by atoms with Crippen molar-refractivity contribution in [1.29, 1.82) is 0 Å². The molecule has 0 saturated heterocycles. The van der Waals surface area contributed by atoms with Crippen LogP contribution < -0.4 is 10.2 Å². The smallest absolute Gasteiger partial charge is 0.258 e. The SMILES string of the molecule is CC1=C(c2nc(-c3ccc(F)cc3)no2)C(c2ccc(C)c(C)c2)NC(=S)N1c1cc(C)cc(C)c1. The number of aryl methyl sites for hydroxylation is 4. The quantitative estimate of drug-likeness (QED) is 0.307. The first-order valence-corrected chi connectivity index (χ1v) is 12.2. The zero-order valence-electron chi connectivity index (χ0n) is 20.9. The fourth-order valence-corrected chi connectivity index (χ4v) is 5.01. The molecule has 5 nitrogen and oxygen atoms in total. The highest BCUT2D eigenvalue weighted by molar-refractivity contribution is 7.80. The Labute approximate surface area is 215 Å². The summed E-state index contributed by atoms with van der Waals surface area (Å²) < 4.78 is 19.3. The van der Waals surface area contributed by atoms with Gasteiger partial charge in [0.2, 0.25) is 5.82 Å². The van der Waals surface area contributed by atoms with Crippen molar-refractivity contribution in [2.24, 2.45) is 0 Å². The molecule has 1 unspecified atom stereocenters. The summed E-state index contributed by atoms with van der Waals surface area (Å²) in [6.07, 6.45) is 0. The lowest BCUT2D eigenvalue weighted by Crippen LogP contribution is -2.46. The van der Waals surface area contributed by atoms with Crippen molar-refractivity contribution in [3.8, 4) is 11.4 Å². The van der Waals surface area contributed by atoms with Crippen molar-refractivity contribution in [1.82, 2.24) is 15.5 Å². The van der Waals surface area contributed by atoms with E-state index in [1.807, 2.05) is 11.8 Å². The van der Waals surface area contributed by atoms with Gasteiger partial charge in [-0.15, -0.1) is 0 Å². The van der Waals surface area contributed by atoms with Crippen LogP contribution in [-0.2, 0) is 0 Å². The molecule has 0 spiro atoms. The molecule has 1 aliphatic heterocycles. The minimum atomic E-state index is -0.315. The van der Waals surface area contributed by atoms with E-state index in [1.54, 1.807) is 12.1 Å². The van der Waals surface area contributed by atoms with Crippen molar-refractivity contribution in [3.05, 3.63) is 106 Å². The summed E-state index contributed by atoms with van der Waals surface area (Å²) in [5, 5.41) is 8.33. The zero-order chi connectivity index (χ0) is 25.6. The first-order chi connectivity index (χ1) is 17.2. The van der Waals surface area contributed by atoms with Gasteiger partial charge in [-0.2, -0.15) is 4.98 Å². The number of benzene rings is 3. The van der Waals surface area contributed by atoms with Gasteiger partial charge in [0.25, 0.3) is 5.89 Å². The largest absolute Gasteiger partial charge is 0.351 e. The molecule has 2 heterocycles. The van der Waals surface area contributed by atoms with Gasteiger partial charge in [-0.25, -0.2) is 4.39 Å². The molecule has 0 radical (unpaired) electrons. The molecule has 1 aromatic heterocycles. The lowest BCUT2D eigenvalue weighted by atomic mass is 9.92. The average molecular weight is 499 g/mol. The Bertz CT molecular complexity index is 1490. The number of halogens is 1. The van der Waals surface area contributed by atoms with Gasteiger partial charge >= 0.3 is 0 Å². The highest BCUT2D eigenvalue weighted by Gasteiger charge is 2.35. The monoisotopic (exact) mass is 498 g/mol. The Hall–Kier alpha value is -3.84. The molecule has 4 aromatic rings. The van der Waals surface area contributed by atoms with Gasteiger partial charge in [0.05, 0.1) is 11.6 Å². The van der Waals surface area contributed by atoms with Crippen LogP contribution in [0.25, 0.3) is 17.0 Å². The zero-order valence-corrected chi connectivity index (χ0v) is 21.7. The van der Waals surface area contributed by atoms with E-state index in [0.717, 1.165) is 33.6 Å². The number of anilines is 1. The third-order valence-electron chi connectivity index (χ3n) is 6.57. The van der Waals surface area contributed by atoms with E-state index in [2.05, 4.69) is 74.6 Å². The van der Waals surface area contributed by atoms with Crippen molar-refractivity contribution < 1.29 is 8.91 Å². The second-order valence-electron chi connectivity index (χ2n) is 9.34. The summed E-state index contributed by atoms with van der Waals surface area (Å²) in [5.41, 5.74) is 9.14. The summed E-state index contributed by atoms with van der Waals surface area (Å²) in [5.74, 6) is 0.472. The number of nitrogens with zero attached hydrogens (tertiary/aromatic N) is 3. The van der Waals surface area contributed by atoms with E-state index in [-0.39, 0.29) is 11.9 Å². The Balaban J connectivity index is 1.68. The normalized spacial score (nSPS) is 15.9. The van der Waals surface area contributed by atoms with E-state index in [1.165, 1.54) is 23.3 Å². The summed E-state index contributed by atoms with van der Waals surface area (Å²) in [7, 11) is 0. The minimum Gasteiger partial charge on any atom is -0.351 e. The first-order valence-electron chi connectivity index (χ1n) is 11.8. The van der Waals surface area contributed by atoms with E-state index in [9.17, 15) is 4.39 Å². The highest BCUT2D eigenvalue weighted by atomic mass is 32.1. The summed E-state index contributed by atoms with van der Waals surface area (Å²) in [6.45, 7) is 10.4. The van der Waals surface area contributed by atoms with Gasteiger partial charge < -0.3 is 9.84 Å². The van der Waals surface area contributed by atoms with E-state index < -0.39 is 0 Å². The van der Waals surface area contributed by atoms with Gasteiger partial charge in [-0.1, -0.05) is 29.4 Å². The van der Waals surface area contributed by atoms with Crippen molar-refractivity contribution in [3.63, 3.8) is 0 Å². The van der Waals surface area contributed by atoms with Crippen molar-refractivity contribution in [2.75, 3.05) is 4.90 Å².